The predicted molar refractivity (Wildman–Crippen MR) is 105 cm³/mol. The second kappa shape index (κ2) is 10.00. The third kappa shape index (κ3) is 6.66. The molecule has 158 valence electrons. The smallest absolute Gasteiger partial charge is 0.443 e. The van der Waals surface area contributed by atoms with Gasteiger partial charge in [0.2, 0.25) is 0 Å². The fourth-order valence-electron chi connectivity index (χ4n) is 2.62. The molecule has 5 nitrogen and oxygen atoms in total. The highest BCUT2D eigenvalue weighted by molar-refractivity contribution is 7.09. The molecule has 0 aliphatic heterocycles. The fourth-order valence-corrected chi connectivity index (χ4v) is 3.36. The van der Waals surface area contributed by atoms with Gasteiger partial charge in [0.25, 0.3) is 0 Å². The average Bonchev–Trinajstić information content (AvgIpc) is 3.18. The summed E-state index contributed by atoms with van der Waals surface area (Å²) in [6, 6.07) is 7.71. The van der Waals surface area contributed by atoms with Gasteiger partial charge < -0.3 is 15.2 Å². The molecule has 0 bridgehead atoms. The van der Waals surface area contributed by atoms with E-state index in [9.17, 15) is 23.1 Å². The van der Waals surface area contributed by atoms with Crippen molar-refractivity contribution in [3.05, 3.63) is 57.6 Å². The summed E-state index contributed by atoms with van der Waals surface area (Å²) < 4.78 is 42.4. The molecule has 2 rings (SSSR count). The van der Waals surface area contributed by atoms with Crippen LogP contribution in [0.3, 0.4) is 0 Å². The Morgan fingerprint density at radius 3 is 2.52 bits per heavy atom. The van der Waals surface area contributed by atoms with E-state index < -0.39 is 23.3 Å². The Kier molecular flexibility index (Phi) is 7.95. The van der Waals surface area contributed by atoms with Crippen LogP contribution in [0.25, 0.3) is 5.57 Å². The van der Waals surface area contributed by atoms with Crippen molar-refractivity contribution in [2.24, 2.45) is 0 Å². The summed E-state index contributed by atoms with van der Waals surface area (Å²) in [5.74, 6) is -0.299. The molecule has 0 aliphatic carbocycles. The van der Waals surface area contributed by atoms with Gasteiger partial charge in [0, 0.05) is 24.5 Å². The maximum atomic E-state index is 12.6. The first-order valence-electron chi connectivity index (χ1n) is 8.89. The van der Waals surface area contributed by atoms with E-state index in [-0.39, 0.29) is 18.2 Å². The molecule has 0 spiro atoms. The molecule has 1 heterocycles. The van der Waals surface area contributed by atoms with Crippen molar-refractivity contribution in [3.8, 4) is 0 Å². The predicted octanol–water partition coefficient (Wildman–Crippen LogP) is 4.16. The minimum atomic E-state index is -4.50. The lowest BCUT2D eigenvalue weighted by Gasteiger charge is -2.15. The van der Waals surface area contributed by atoms with Crippen molar-refractivity contribution in [1.82, 2.24) is 10.3 Å². The van der Waals surface area contributed by atoms with Crippen LogP contribution in [0.1, 0.15) is 47.7 Å². The summed E-state index contributed by atoms with van der Waals surface area (Å²) in [6.07, 6.45) is -4.19. The van der Waals surface area contributed by atoms with Gasteiger partial charge in [-0.1, -0.05) is 31.2 Å². The molecule has 9 heteroatoms. The van der Waals surface area contributed by atoms with Gasteiger partial charge in [0.15, 0.2) is 5.01 Å². The van der Waals surface area contributed by atoms with Gasteiger partial charge in [-0.15, -0.1) is 11.3 Å². The van der Waals surface area contributed by atoms with Crippen LogP contribution in [0.5, 0.6) is 0 Å². The van der Waals surface area contributed by atoms with E-state index in [0.717, 1.165) is 16.7 Å². The zero-order valence-electron chi connectivity index (χ0n) is 16.3. The third-order valence-corrected chi connectivity index (χ3v) is 5.27. The van der Waals surface area contributed by atoms with Gasteiger partial charge in [-0.3, -0.25) is 0 Å². The number of halogens is 3. The molecule has 0 saturated carbocycles. The van der Waals surface area contributed by atoms with Crippen LogP contribution in [0.4, 0.5) is 13.2 Å². The Bertz CT molecular complexity index is 847. The fraction of sp³-hybridized carbons (Fsp3) is 0.400. The number of carbonyl (C=O) groups is 1. The number of methoxy groups -OCH3 is 1. The lowest BCUT2D eigenvalue weighted by Crippen LogP contribution is -2.25. The number of hydrogen-bond acceptors (Lipinski definition) is 6. The average molecular weight is 428 g/mol. The van der Waals surface area contributed by atoms with Crippen LogP contribution in [0, 0.1) is 0 Å². The number of aromatic nitrogens is 1. The molecular formula is C20H23F3N2O3S. The summed E-state index contributed by atoms with van der Waals surface area (Å²) in [5, 5.41) is 13.4. The van der Waals surface area contributed by atoms with Crippen molar-refractivity contribution >= 4 is 22.9 Å². The maximum Gasteiger partial charge on any atom is 0.443 e. The Balaban J connectivity index is 1.87. The van der Waals surface area contributed by atoms with Crippen molar-refractivity contribution in [3.63, 3.8) is 0 Å². The van der Waals surface area contributed by atoms with Crippen LogP contribution >= 0.6 is 11.3 Å². The minimum absolute atomic E-state index is 0.0136. The van der Waals surface area contributed by atoms with E-state index in [4.69, 9.17) is 0 Å². The van der Waals surface area contributed by atoms with Crippen LogP contribution in [-0.2, 0) is 15.7 Å². The molecule has 29 heavy (non-hydrogen) atoms. The molecule has 2 N–H and O–H groups in total. The van der Waals surface area contributed by atoms with E-state index in [0.29, 0.717) is 17.9 Å². The molecule has 1 aromatic carbocycles. The Labute approximate surface area is 171 Å². The summed E-state index contributed by atoms with van der Waals surface area (Å²) in [5.41, 5.74) is 2.76. The number of benzene rings is 1. The number of esters is 1. The maximum absolute atomic E-state index is 12.6. The largest absolute Gasteiger partial charge is 0.466 e. The molecular weight excluding hydrogens is 405 g/mol. The standard InChI is InChI=1S/C20H23F3N2O3S/c1-12(8-18(27)28-3)14-4-6-15(7-5-14)13(2)9-24-10-17(26)16-11-29-19(25-16)20(21,22)23/h4-8,11,13,17,24,26H,9-10H2,1-3H3. The third-order valence-electron chi connectivity index (χ3n) is 4.36. The summed E-state index contributed by atoms with van der Waals surface area (Å²) in [4.78, 5) is 14.8. The minimum Gasteiger partial charge on any atom is -0.466 e. The molecule has 0 saturated heterocycles. The molecule has 1 aromatic heterocycles. The second-order valence-corrected chi connectivity index (χ2v) is 7.48. The Morgan fingerprint density at radius 2 is 1.97 bits per heavy atom. The Hall–Kier alpha value is -2.23. The van der Waals surface area contributed by atoms with Crippen molar-refractivity contribution < 1.29 is 27.8 Å². The number of carbonyl (C=O) groups excluding carboxylic acids is 1. The zero-order valence-corrected chi connectivity index (χ0v) is 17.1. The van der Waals surface area contributed by atoms with Gasteiger partial charge in [-0.25, -0.2) is 9.78 Å². The van der Waals surface area contributed by atoms with Gasteiger partial charge >= 0.3 is 12.1 Å². The summed E-state index contributed by atoms with van der Waals surface area (Å²) >= 11 is 0.473. The second-order valence-electron chi connectivity index (χ2n) is 6.62. The summed E-state index contributed by atoms with van der Waals surface area (Å²) in [7, 11) is 1.32. The van der Waals surface area contributed by atoms with Crippen molar-refractivity contribution in [1.29, 1.82) is 0 Å². The molecule has 0 radical (unpaired) electrons. The topological polar surface area (TPSA) is 71.5 Å². The SMILES string of the molecule is COC(=O)C=C(C)c1ccc(C(C)CNCC(O)c2csc(C(F)(F)F)n2)cc1. The number of thiazole rings is 1. The van der Waals surface area contributed by atoms with Crippen LogP contribution in [0.2, 0.25) is 0 Å². The van der Waals surface area contributed by atoms with Crippen LogP contribution < -0.4 is 5.32 Å². The molecule has 2 aromatic rings. The highest BCUT2D eigenvalue weighted by Crippen LogP contribution is 2.32. The molecule has 0 amide bonds. The number of ether oxygens (including phenoxy) is 1. The Morgan fingerprint density at radius 1 is 1.31 bits per heavy atom. The first-order chi connectivity index (χ1) is 13.6. The van der Waals surface area contributed by atoms with Crippen LogP contribution in [-0.4, -0.2) is 36.3 Å². The van der Waals surface area contributed by atoms with Gasteiger partial charge in [0.05, 0.1) is 12.8 Å². The number of aliphatic hydroxyl groups is 1. The monoisotopic (exact) mass is 428 g/mol. The highest BCUT2D eigenvalue weighted by atomic mass is 32.1. The van der Waals surface area contributed by atoms with Gasteiger partial charge in [0.1, 0.15) is 6.10 Å². The number of hydrogen-bond donors (Lipinski definition) is 2. The van der Waals surface area contributed by atoms with E-state index >= 15 is 0 Å². The zero-order chi connectivity index (χ0) is 21.6. The quantitative estimate of drug-likeness (QED) is 0.488. The van der Waals surface area contributed by atoms with Crippen molar-refractivity contribution in [2.45, 2.75) is 32.0 Å². The summed E-state index contributed by atoms with van der Waals surface area (Å²) in [6.45, 7) is 4.45. The first-order valence-corrected chi connectivity index (χ1v) is 9.77. The van der Waals surface area contributed by atoms with Gasteiger partial charge in [-0.2, -0.15) is 13.2 Å². The number of aliphatic hydroxyl groups excluding tert-OH is 1. The van der Waals surface area contributed by atoms with Crippen LogP contribution in [0.15, 0.2) is 35.7 Å². The first kappa shape index (κ1) is 23.1. The van der Waals surface area contributed by atoms with Gasteiger partial charge in [-0.05, 0) is 29.5 Å². The molecule has 0 aliphatic rings. The lowest BCUT2D eigenvalue weighted by atomic mass is 9.97. The van der Waals surface area contributed by atoms with E-state index in [1.165, 1.54) is 18.6 Å². The van der Waals surface area contributed by atoms with E-state index in [1.54, 1.807) is 0 Å². The normalized spacial score (nSPS) is 14.5. The van der Waals surface area contributed by atoms with Crippen molar-refractivity contribution in [2.75, 3.05) is 20.2 Å². The molecule has 0 fully saturated rings. The molecule has 2 unspecified atom stereocenters. The number of allylic oxidation sites excluding steroid dienone is 1. The molecule has 2 atom stereocenters. The number of nitrogens with one attached hydrogen (secondary N) is 1. The van der Waals surface area contributed by atoms with E-state index in [2.05, 4.69) is 15.0 Å². The number of rotatable bonds is 8. The number of nitrogens with zero attached hydrogens (tertiary/aromatic N) is 1. The lowest BCUT2D eigenvalue weighted by molar-refractivity contribution is -0.138. The van der Waals surface area contributed by atoms with E-state index in [1.807, 2.05) is 38.1 Å². The highest BCUT2D eigenvalue weighted by Gasteiger charge is 2.35. The number of alkyl halides is 3.